The molecule has 0 spiro atoms. The van der Waals surface area contributed by atoms with Gasteiger partial charge in [-0.05, 0) is 76.9 Å². The number of likely N-dealkylation sites (N-methyl/N-ethyl adjacent to an activating group) is 1. The summed E-state index contributed by atoms with van der Waals surface area (Å²) < 4.78 is 30.2. The molecule has 176 valence electrons. The molecule has 1 aliphatic rings. The van der Waals surface area contributed by atoms with Crippen LogP contribution in [0.3, 0.4) is 0 Å². The molecule has 1 amide bonds. The zero-order valence-corrected chi connectivity index (χ0v) is 20.8. The third-order valence-electron chi connectivity index (χ3n) is 6.40. The predicted octanol–water partition coefficient (Wildman–Crippen LogP) is 2.72. The Labute approximate surface area is 191 Å². The zero-order chi connectivity index (χ0) is 23.6. The number of anilines is 1. The first-order valence-corrected chi connectivity index (χ1v) is 12.5. The number of hydrogen-bond donors (Lipinski definition) is 1. The Bertz CT molecular complexity index is 1060. The summed E-state index contributed by atoms with van der Waals surface area (Å²) in [5, 5.41) is 7.22. The number of piperidine rings is 1. The van der Waals surface area contributed by atoms with Gasteiger partial charge in [0, 0.05) is 31.7 Å². The number of nitrogens with zero attached hydrogens (tertiary/aromatic N) is 4. The van der Waals surface area contributed by atoms with Crippen LogP contribution in [-0.4, -0.2) is 67.0 Å². The van der Waals surface area contributed by atoms with Crippen LogP contribution in [0.4, 0.5) is 5.69 Å². The SMILES string of the molecule is Cc1cc(C)c(C)c(S(=O)(=O)N2CCC(C(=O)Nc3cnn(CCN(C)C)c3)CC2)c1C. The first kappa shape index (κ1) is 24.4. The minimum absolute atomic E-state index is 0.0760. The number of sulfonamides is 1. The minimum Gasteiger partial charge on any atom is -0.323 e. The summed E-state index contributed by atoms with van der Waals surface area (Å²) in [5.41, 5.74) is 4.24. The number of carbonyl (C=O) groups excluding carboxylic acids is 1. The Kier molecular flexibility index (Phi) is 7.42. The van der Waals surface area contributed by atoms with Gasteiger partial charge in [0.25, 0.3) is 0 Å². The molecule has 8 nitrogen and oxygen atoms in total. The number of nitrogens with one attached hydrogen (secondary N) is 1. The molecule has 0 aliphatic carbocycles. The van der Waals surface area contributed by atoms with Crippen LogP contribution >= 0.6 is 0 Å². The van der Waals surface area contributed by atoms with Crippen LogP contribution in [0.25, 0.3) is 0 Å². The third kappa shape index (κ3) is 5.22. The first-order chi connectivity index (χ1) is 15.0. The lowest BCUT2D eigenvalue weighted by atomic mass is 9.97. The van der Waals surface area contributed by atoms with Crippen molar-refractivity contribution in [2.45, 2.75) is 52.0 Å². The van der Waals surface area contributed by atoms with Crippen LogP contribution < -0.4 is 5.32 Å². The fourth-order valence-corrected chi connectivity index (χ4v) is 6.20. The van der Waals surface area contributed by atoms with Crippen LogP contribution in [0.1, 0.15) is 35.1 Å². The van der Waals surface area contributed by atoms with E-state index in [1.807, 2.05) is 54.1 Å². The molecule has 1 aliphatic heterocycles. The molecule has 9 heteroatoms. The molecule has 2 heterocycles. The van der Waals surface area contributed by atoms with Gasteiger partial charge in [-0.3, -0.25) is 9.48 Å². The fourth-order valence-electron chi connectivity index (χ4n) is 4.15. The van der Waals surface area contributed by atoms with Crippen molar-refractivity contribution in [3.05, 3.63) is 40.7 Å². The molecule has 1 aromatic heterocycles. The maximum absolute atomic E-state index is 13.4. The Morgan fingerprint density at radius 1 is 1.12 bits per heavy atom. The molecule has 2 aromatic rings. The highest BCUT2D eigenvalue weighted by Gasteiger charge is 2.34. The van der Waals surface area contributed by atoms with Crippen LogP contribution in [0.15, 0.2) is 23.4 Å². The summed E-state index contributed by atoms with van der Waals surface area (Å²) in [7, 11) is 0.401. The second-order valence-corrected chi connectivity index (χ2v) is 10.9. The van der Waals surface area contributed by atoms with Gasteiger partial charge < -0.3 is 10.2 Å². The van der Waals surface area contributed by atoms with Crippen molar-refractivity contribution in [2.75, 3.05) is 39.0 Å². The van der Waals surface area contributed by atoms with Crippen LogP contribution in [0, 0.1) is 33.6 Å². The Balaban J connectivity index is 1.63. The number of rotatable bonds is 7. The van der Waals surface area contributed by atoms with E-state index in [4.69, 9.17) is 0 Å². The third-order valence-corrected chi connectivity index (χ3v) is 8.57. The second kappa shape index (κ2) is 9.72. The van der Waals surface area contributed by atoms with Crippen molar-refractivity contribution in [3.63, 3.8) is 0 Å². The Hall–Kier alpha value is -2.23. The minimum atomic E-state index is -3.60. The molecule has 0 saturated carbocycles. The summed E-state index contributed by atoms with van der Waals surface area (Å²) >= 11 is 0. The van der Waals surface area contributed by atoms with Crippen LogP contribution in [-0.2, 0) is 21.4 Å². The Morgan fingerprint density at radius 3 is 2.28 bits per heavy atom. The van der Waals surface area contributed by atoms with Gasteiger partial charge in [-0.1, -0.05) is 6.07 Å². The van der Waals surface area contributed by atoms with E-state index in [1.165, 1.54) is 4.31 Å². The van der Waals surface area contributed by atoms with Crippen molar-refractivity contribution >= 4 is 21.6 Å². The van der Waals surface area contributed by atoms with Gasteiger partial charge in [0.1, 0.15) is 0 Å². The van der Waals surface area contributed by atoms with E-state index in [0.717, 1.165) is 35.3 Å². The van der Waals surface area contributed by atoms with Crippen LogP contribution in [0.2, 0.25) is 0 Å². The number of benzene rings is 1. The summed E-state index contributed by atoms with van der Waals surface area (Å²) in [6.45, 7) is 9.92. The molecular weight excluding hydrogens is 426 g/mol. The summed E-state index contributed by atoms with van der Waals surface area (Å²) in [5.74, 6) is -0.291. The van der Waals surface area contributed by atoms with Crippen molar-refractivity contribution < 1.29 is 13.2 Å². The van der Waals surface area contributed by atoms with Gasteiger partial charge >= 0.3 is 0 Å². The maximum atomic E-state index is 13.4. The highest BCUT2D eigenvalue weighted by molar-refractivity contribution is 7.89. The molecule has 0 bridgehead atoms. The number of aromatic nitrogens is 2. The highest BCUT2D eigenvalue weighted by atomic mass is 32.2. The number of amides is 1. The quantitative estimate of drug-likeness (QED) is 0.685. The average Bonchev–Trinajstić information content (AvgIpc) is 3.18. The van der Waals surface area contributed by atoms with E-state index in [9.17, 15) is 13.2 Å². The largest absolute Gasteiger partial charge is 0.323 e. The Morgan fingerprint density at radius 2 is 1.72 bits per heavy atom. The summed E-state index contributed by atoms with van der Waals surface area (Å²) in [4.78, 5) is 15.2. The van der Waals surface area contributed by atoms with Gasteiger partial charge in [-0.25, -0.2) is 8.42 Å². The maximum Gasteiger partial charge on any atom is 0.243 e. The molecule has 0 radical (unpaired) electrons. The fraction of sp³-hybridized carbons (Fsp3) is 0.565. The molecular formula is C23H35N5O3S. The zero-order valence-electron chi connectivity index (χ0n) is 20.0. The normalized spacial score (nSPS) is 16.0. The van der Waals surface area contributed by atoms with E-state index < -0.39 is 10.0 Å². The van der Waals surface area contributed by atoms with E-state index >= 15 is 0 Å². The van der Waals surface area contributed by atoms with E-state index in [0.29, 0.717) is 36.5 Å². The molecule has 0 atom stereocenters. The summed E-state index contributed by atoms with van der Waals surface area (Å²) in [6, 6.07) is 2.03. The van der Waals surface area contributed by atoms with Crippen molar-refractivity contribution in [2.24, 2.45) is 5.92 Å². The lowest BCUT2D eigenvalue weighted by Gasteiger charge is -2.31. The monoisotopic (exact) mass is 461 g/mol. The number of carbonyl (C=O) groups is 1. The van der Waals surface area contributed by atoms with Gasteiger partial charge in [0.05, 0.1) is 23.3 Å². The topological polar surface area (TPSA) is 87.5 Å². The van der Waals surface area contributed by atoms with Gasteiger partial charge in [0.15, 0.2) is 0 Å². The van der Waals surface area contributed by atoms with Crippen LogP contribution in [0.5, 0.6) is 0 Å². The predicted molar refractivity (Wildman–Crippen MR) is 126 cm³/mol. The molecule has 1 saturated heterocycles. The van der Waals surface area contributed by atoms with Gasteiger partial charge in [-0.15, -0.1) is 0 Å². The molecule has 1 N–H and O–H groups in total. The standard InChI is InChI=1S/C23H35N5O3S/c1-16-13-17(2)19(4)22(18(16)3)32(30,31)28-9-7-20(8-10-28)23(29)25-21-14-24-27(15-21)12-11-26(5)6/h13-15,20H,7-12H2,1-6H3,(H,25,29). The van der Waals surface area contributed by atoms with E-state index in [1.54, 1.807) is 10.9 Å². The van der Waals surface area contributed by atoms with Crippen molar-refractivity contribution in [1.82, 2.24) is 19.0 Å². The molecule has 3 rings (SSSR count). The summed E-state index contributed by atoms with van der Waals surface area (Å²) in [6.07, 6.45) is 4.48. The molecule has 0 unspecified atom stereocenters. The molecule has 1 fully saturated rings. The van der Waals surface area contributed by atoms with E-state index in [-0.39, 0.29) is 11.8 Å². The van der Waals surface area contributed by atoms with Gasteiger partial charge in [-0.2, -0.15) is 9.40 Å². The van der Waals surface area contributed by atoms with Crippen molar-refractivity contribution in [3.8, 4) is 0 Å². The lowest BCUT2D eigenvalue weighted by molar-refractivity contribution is -0.120. The lowest BCUT2D eigenvalue weighted by Crippen LogP contribution is -2.41. The van der Waals surface area contributed by atoms with Gasteiger partial charge in [0.2, 0.25) is 15.9 Å². The van der Waals surface area contributed by atoms with Crippen molar-refractivity contribution in [1.29, 1.82) is 0 Å². The highest BCUT2D eigenvalue weighted by Crippen LogP contribution is 2.31. The average molecular weight is 462 g/mol. The molecule has 32 heavy (non-hydrogen) atoms. The molecule has 1 aromatic carbocycles. The first-order valence-electron chi connectivity index (χ1n) is 11.1. The number of aryl methyl sites for hydroxylation is 2. The smallest absolute Gasteiger partial charge is 0.243 e. The second-order valence-electron chi connectivity index (χ2n) is 9.05. The van der Waals surface area contributed by atoms with E-state index in [2.05, 4.69) is 15.3 Å². The number of hydrogen-bond acceptors (Lipinski definition) is 5.